The summed E-state index contributed by atoms with van der Waals surface area (Å²) >= 11 is 1.61. The highest BCUT2D eigenvalue weighted by Gasteiger charge is 2.10. The molecule has 0 amide bonds. The van der Waals surface area contributed by atoms with Crippen molar-refractivity contribution in [1.82, 2.24) is 9.71 Å². The van der Waals surface area contributed by atoms with Crippen LogP contribution in [0.5, 0.6) is 0 Å². The number of sulfonamides is 1. The molecule has 0 unspecified atom stereocenters. The molecular weight excluding hydrogens is 304 g/mol. The van der Waals surface area contributed by atoms with Crippen LogP contribution in [-0.4, -0.2) is 25.7 Å². The number of benzene rings is 1. The van der Waals surface area contributed by atoms with Gasteiger partial charge in [-0.1, -0.05) is 30.3 Å². The highest BCUT2D eigenvalue weighted by atomic mass is 32.2. The van der Waals surface area contributed by atoms with E-state index in [9.17, 15) is 8.42 Å². The summed E-state index contributed by atoms with van der Waals surface area (Å²) in [6.07, 6.45) is 3.88. The summed E-state index contributed by atoms with van der Waals surface area (Å²) < 4.78 is 26.4. The molecule has 2 aromatic rings. The van der Waals surface area contributed by atoms with Gasteiger partial charge in [-0.25, -0.2) is 18.1 Å². The largest absolute Gasteiger partial charge is 0.249 e. The molecule has 4 nitrogen and oxygen atoms in total. The van der Waals surface area contributed by atoms with Gasteiger partial charge in [0.2, 0.25) is 10.0 Å². The fourth-order valence-corrected chi connectivity index (χ4v) is 3.88. The zero-order valence-electron chi connectivity index (χ0n) is 12.1. The first-order valence-electron chi connectivity index (χ1n) is 6.98. The van der Waals surface area contributed by atoms with Gasteiger partial charge in [0.05, 0.1) is 10.8 Å². The minimum Gasteiger partial charge on any atom is -0.249 e. The zero-order chi connectivity index (χ0) is 15.1. The molecule has 2 rings (SSSR count). The van der Waals surface area contributed by atoms with Crippen molar-refractivity contribution >= 4 is 21.4 Å². The van der Waals surface area contributed by atoms with Gasteiger partial charge in [0.25, 0.3) is 0 Å². The molecule has 0 fully saturated rings. The summed E-state index contributed by atoms with van der Waals surface area (Å²) in [5, 5.41) is 0.972. The number of nitrogens with zero attached hydrogens (tertiary/aromatic N) is 1. The molecule has 114 valence electrons. The predicted octanol–water partition coefficient (Wildman–Crippen LogP) is 2.55. The lowest BCUT2D eigenvalue weighted by atomic mass is 10.1. The van der Waals surface area contributed by atoms with E-state index in [1.807, 2.05) is 43.5 Å². The third-order valence-corrected chi connectivity index (χ3v) is 5.49. The van der Waals surface area contributed by atoms with Gasteiger partial charge in [0, 0.05) is 24.0 Å². The summed E-state index contributed by atoms with van der Waals surface area (Å²) in [5.74, 6) is 0.165. The maximum atomic E-state index is 11.9. The first-order valence-corrected chi connectivity index (χ1v) is 9.44. The molecule has 0 atom stereocenters. The molecule has 0 aliphatic heterocycles. The molecule has 0 saturated carbocycles. The minimum absolute atomic E-state index is 0.165. The third-order valence-electron chi connectivity index (χ3n) is 3.05. The molecule has 1 aromatic heterocycles. The zero-order valence-corrected chi connectivity index (χ0v) is 13.7. The van der Waals surface area contributed by atoms with Gasteiger partial charge in [-0.15, -0.1) is 11.3 Å². The first kappa shape index (κ1) is 16.1. The molecule has 0 aliphatic carbocycles. The van der Waals surface area contributed by atoms with Crippen LogP contribution in [0.15, 0.2) is 36.5 Å². The Hall–Kier alpha value is -1.24. The van der Waals surface area contributed by atoms with Crippen LogP contribution in [0.1, 0.15) is 21.9 Å². The average Bonchev–Trinajstić information content (AvgIpc) is 2.85. The standard InChI is InChI=1S/C15H20N2O2S2/c1-13-12-16-15(20-13)9-10-17-21(18,19)11-5-8-14-6-3-2-4-7-14/h2-4,6-7,12,17H,5,8-11H2,1H3. The third kappa shape index (κ3) is 5.95. The summed E-state index contributed by atoms with van der Waals surface area (Å²) in [7, 11) is -3.19. The Kier molecular flexibility index (Phi) is 5.90. The Bertz CT molecular complexity index is 651. The molecule has 0 bridgehead atoms. The van der Waals surface area contributed by atoms with Gasteiger partial charge in [-0.2, -0.15) is 0 Å². The van der Waals surface area contributed by atoms with Crippen molar-refractivity contribution in [3.8, 4) is 0 Å². The van der Waals surface area contributed by atoms with Crippen LogP contribution in [0.2, 0.25) is 0 Å². The van der Waals surface area contributed by atoms with Crippen molar-refractivity contribution in [3.63, 3.8) is 0 Å². The summed E-state index contributed by atoms with van der Waals surface area (Å²) in [4.78, 5) is 5.37. The highest BCUT2D eigenvalue weighted by molar-refractivity contribution is 7.89. The minimum atomic E-state index is -3.19. The highest BCUT2D eigenvalue weighted by Crippen LogP contribution is 2.11. The summed E-state index contributed by atoms with van der Waals surface area (Å²) in [5.41, 5.74) is 1.17. The van der Waals surface area contributed by atoms with E-state index in [0.717, 1.165) is 16.3 Å². The number of aromatic nitrogens is 1. The van der Waals surface area contributed by atoms with Crippen molar-refractivity contribution in [3.05, 3.63) is 52.0 Å². The SMILES string of the molecule is Cc1cnc(CCNS(=O)(=O)CCCc2ccccc2)s1. The average molecular weight is 324 g/mol. The second kappa shape index (κ2) is 7.68. The lowest BCUT2D eigenvalue weighted by molar-refractivity contribution is 0.579. The van der Waals surface area contributed by atoms with Gasteiger partial charge < -0.3 is 0 Å². The van der Waals surface area contributed by atoms with E-state index in [0.29, 0.717) is 19.4 Å². The van der Waals surface area contributed by atoms with Crippen molar-refractivity contribution in [2.24, 2.45) is 0 Å². The number of hydrogen-bond acceptors (Lipinski definition) is 4. The summed E-state index contributed by atoms with van der Waals surface area (Å²) in [6.45, 7) is 2.41. The number of thiazole rings is 1. The monoisotopic (exact) mass is 324 g/mol. The van der Waals surface area contributed by atoms with E-state index < -0.39 is 10.0 Å². The maximum absolute atomic E-state index is 11.9. The lowest BCUT2D eigenvalue weighted by Gasteiger charge is -2.06. The van der Waals surface area contributed by atoms with E-state index in [1.165, 1.54) is 5.56 Å². The van der Waals surface area contributed by atoms with Crippen molar-refractivity contribution in [2.45, 2.75) is 26.2 Å². The summed E-state index contributed by atoms with van der Waals surface area (Å²) in [6, 6.07) is 9.94. The van der Waals surface area contributed by atoms with E-state index in [1.54, 1.807) is 11.3 Å². The Morgan fingerprint density at radius 2 is 1.95 bits per heavy atom. The van der Waals surface area contributed by atoms with Crippen LogP contribution >= 0.6 is 11.3 Å². The van der Waals surface area contributed by atoms with Crippen LogP contribution in [0, 0.1) is 6.92 Å². The number of hydrogen-bond donors (Lipinski definition) is 1. The Balaban J connectivity index is 1.69. The number of nitrogens with one attached hydrogen (secondary N) is 1. The molecule has 0 spiro atoms. The van der Waals surface area contributed by atoms with Gasteiger partial charge >= 0.3 is 0 Å². The maximum Gasteiger partial charge on any atom is 0.211 e. The quantitative estimate of drug-likeness (QED) is 0.812. The van der Waals surface area contributed by atoms with Crippen molar-refractivity contribution in [2.75, 3.05) is 12.3 Å². The van der Waals surface area contributed by atoms with Crippen LogP contribution in [-0.2, 0) is 22.9 Å². The van der Waals surface area contributed by atoms with Crippen LogP contribution < -0.4 is 4.72 Å². The van der Waals surface area contributed by atoms with Crippen LogP contribution in [0.3, 0.4) is 0 Å². The fraction of sp³-hybridized carbons (Fsp3) is 0.400. The Morgan fingerprint density at radius 3 is 2.62 bits per heavy atom. The topological polar surface area (TPSA) is 59.1 Å². The fourth-order valence-electron chi connectivity index (χ4n) is 2.01. The molecule has 21 heavy (non-hydrogen) atoms. The van der Waals surface area contributed by atoms with E-state index in [-0.39, 0.29) is 5.75 Å². The Morgan fingerprint density at radius 1 is 1.19 bits per heavy atom. The predicted molar refractivity (Wildman–Crippen MR) is 87.1 cm³/mol. The van der Waals surface area contributed by atoms with Gasteiger partial charge in [0.15, 0.2) is 0 Å². The lowest BCUT2D eigenvalue weighted by Crippen LogP contribution is -2.28. The molecule has 1 aromatic carbocycles. The van der Waals surface area contributed by atoms with E-state index in [4.69, 9.17) is 0 Å². The van der Waals surface area contributed by atoms with Gasteiger partial charge in [0.1, 0.15) is 0 Å². The molecule has 6 heteroatoms. The molecule has 0 aliphatic rings. The molecule has 1 N–H and O–H groups in total. The second-order valence-corrected chi connectivity index (χ2v) is 8.16. The van der Waals surface area contributed by atoms with E-state index >= 15 is 0 Å². The van der Waals surface area contributed by atoms with Crippen LogP contribution in [0.25, 0.3) is 0 Å². The van der Waals surface area contributed by atoms with E-state index in [2.05, 4.69) is 9.71 Å². The number of aryl methyl sites for hydroxylation is 2. The Labute approximate surface area is 130 Å². The smallest absolute Gasteiger partial charge is 0.211 e. The number of rotatable bonds is 8. The molecule has 0 saturated heterocycles. The second-order valence-electron chi connectivity index (χ2n) is 4.92. The van der Waals surface area contributed by atoms with Crippen molar-refractivity contribution in [1.29, 1.82) is 0 Å². The molecular formula is C15H20N2O2S2. The van der Waals surface area contributed by atoms with Crippen LogP contribution in [0.4, 0.5) is 0 Å². The van der Waals surface area contributed by atoms with Gasteiger partial charge in [-0.05, 0) is 25.3 Å². The van der Waals surface area contributed by atoms with Crippen molar-refractivity contribution < 1.29 is 8.42 Å². The van der Waals surface area contributed by atoms with Gasteiger partial charge in [-0.3, -0.25) is 0 Å². The first-order chi connectivity index (χ1) is 10.1. The molecule has 0 radical (unpaired) electrons. The molecule has 1 heterocycles. The normalized spacial score (nSPS) is 11.7.